The molecule has 0 unspecified atom stereocenters. The van der Waals surface area contributed by atoms with Crippen molar-refractivity contribution in [3.63, 3.8) is 0 Å². The van der Waals surface area contributed by atoms with E-state index >= 15 is 0 Å². The average molecular weight is 686 g/mol. The van der Waals surface area contributed by atoms with Crippen molar-refractivity contribution in [2.75, 3.05) is 0 Å². The van der Waals surface area contributed by atoms with Crippen molar-refractivity contribution >= 4 is 84.8 Å². The minimum absolute atomic E-state index is 0.391. The van der Waals surface area contributed by atoms with Crippen LogP contribution in [0.4, 0.5) is 0 Å². The standard InChI is InChI=1S/2C12H27Si.2Cl2Ge/c2*1-10(2,3)13(11(4,5)6)12(7,8)9;2*1-3-2/h2*1-9H3;;. The molecule has 0 aliphatic carbocycles. The molecule has 0 saturated heterocycles. The van der Waals surface area contributed by atoms with Gasteiger partial charge < -0.3 is 0 Å². The Morgan fingerprint density at radius 1 is 0.312 bits per heavy atom. The van der Waals surface area contributed by atoms with Crippen LogP contribution in [0.25, 0.3) is 0 Å². The van der Waals surface area contributed by atoms with E-state index in [4.69, 9.17) is 40.0 Å². The summed E-state index contributed by atoms with van der Waals surface area (Å²) in [5, 5.41) is 2.92. The average Bonchev–Trinajstić information content (AvgIpc) is 2.27. The van der Waals surface area contributed by atoms with Crippen LogP contribution in [0.1, 0.15) is 125 Å². The maximum absolute atomic E-state index is 4.89. The second kappa shape index (κ2) is 16.5. The molecule has 32 heavy (non-hydrogen) atoms. The Balaban J connectivity index is -0.000000196. The Labute approximate surface area is 237 Å². The summed E-state index contributed by atoms with van der Waals surface area (Å²) < 4.78 is 0. The van der Waals surface area contributed by atoms with E-state index in [0.717, 1.165) is 0 Å². The molecule has 0 bridgehead atoms. The fourth-order valence-electron chi connectivity index (χ4n) is 6.75. The third-order valence-corrected chi connectivity index (χ3v) is 13.5. The molecule has 0 aliphatic rings. The van der Waals surface area contributed by atoms with Crippen LogP contribution in [0.15, 0.2) is 0 Å². The van der Waals surface area contributed by atoms with E-state index in [1.165, 1.54) is 0 Å². The van der Waals surface area contributed by atoms with Crippen molar-refractivity contribution in [3.8, 4) is 0 Å². The Hall–Kier alpha value is 2.68. The first-order chi connectivity index (χ1) is 13.6. The van der Waals surface area contributed by atoms with Crippen LogP contribution >= 0.6 is 40.0 Å². The SMILES string of the molecule is CC(C)(C)[Si](C(C)(C)C)C(C)(C)C.CC(C)(C)[Si](C(C)(C)C)C(C)(C)C.[Cl][Ge][Cl].[Cl][Ge][Cl]. The summed E-state index contributed by atoms with van der Waals surface area (Å²) in [6.45, 7) is 43.2. The summed E-state index contributed by atoms with van der Waals surface area (Å²) in [7, 11) is 18.8. The molecule has 0 heterocycles. The van der Waals surface area contributed by atoms with Crippen molar-refractivity contribution in [2.24, 2.45) is 0 Å². The zero-order valence-electron chi connectivity index (χ0n) is 24.5. The van der Waals surface area contributed by atoms with Crippen LogP contribution in [-0.2, 0) is 0 Å². The molecule has 194 valence electrons. The number of halogens is 4. The van der Waals surface area contributed by atoms with E-state index in [-0.39, 0.29) is 0 Å². The zero-order valence-corrected chi connectivity index (χ0v) is 33.7. The minimum atomic E-state index is -0.556. The summed E-state index contributed by atoms with van der Waals surface area (Å²) >= 11 is -1.11. The molecule has 6 radical (unpaired) electrons. The van der Waals surface area contributed by atoms with Gasteiger partial charge in [-0.2, -0.15) is 0 Å². The third-order valence-electron chi connectivity index (χ3n) is 4.50. The molecular formula is C24H54Cl4Ge2Si2. The number of hydrogen-bond acceptors (Lipinski definition) is 0. The van der Waals surface area contributed by atoms with Crippen LogP contribution in [-0.4, -0.2) is 44.7 Å². The first-order valence-electron chi connectivity index (χ1n) is 11.3. The van der Waals surface area contributed by atoms with E-state index in [1.807, 2.05) is 0 Å². The molecule has 0 aromatic rings. The fourth-order valence-corrected chi connectivity index (χ4v) is 20.2. The van der Waals surface area contributed by atoms with Gasteiger partial charge in [0.25, 0.3) is 0 Å². The summed E-state index contributed by atoms with van der Waals surface area (Å²) in [5.41, 5.74) is 0. The van der Waals surface area contributed by atoms with Gasteiger partial charge in [0.05, 0.1) is 17.6 Å². The first-order valence-corrected chi connectivity index (χ1v) is 25.3. The molecule has 0 spiro atoms. The summed E-state index contributed by atoms with van der Waals surface area (Å²) in [4.78, 5) is 0. The molecule has 0 aliphatic heterocycles. The van der Waals surface area contributed by atoms with Crippen LogP contribution in [0.5, 0.6) is 0 Å². The van der Waals surface area contributed by atoms with E-state index in [9.17, 15) is 0 Å². The van der Waals surface area contributed by atoms with Crippen molar-refractivity contribution in [2.45, 2.75) is 155 Å². The van der Waals surface area contributed by atoms with Crippen molar-refractivity contribution < 1.29 is 0 Å². The van der Waals surface area contributed by atoms with Crippen molar-refractivity contribution in [1.29, 1.82) is 0 Å². The van der Waals surface area contributed by atoms with Crippen LogP contribution in [0, 0.1) is 0 Å². The van der Waals surface area contributed by atoms with E-state index < -0.39 is 44.7 Å². The Morgan fingerprint density at radius 2 is 0.375 bits per heavy atom. The monoisotopic (exact) mass is 686 g/mol. The van der Waals surface area contributed by atoms with E-state index in [1.54, 1.807) is 0 Å². The van der Waals surface area contributed by atoms with Crippen molar-refractivity contribution in [3.05, 3.63) is 0 Å². The molecule has 0 N–H and O–H groups in total. The van der Waals surface area contributed by atoms with Gasteiger partial charge in [-0.05, 0) is 30.2 Å². The molecule has 0 saturated carbocycles. The summed E-state index contributed by atoms with van der Waals surface area (Å²) in [5.74, 6) is 0. The fraction of sp³-hybridized carbons (Fsp3) is 1.00. The number of rotatable bonds is 0. The summed E-state index contributed by atoms with van der Waals surface area (Å²) in [6.07, 6.45) is 0. The van der Waals surface area contributed by atoms with E-state index in [0.29, 0.717) is 30.2 Å². The van der Waals surface area contributed by atoms with Gasteiger partial charge >= 0.3 is 67.2 Å². The Kier molecular flexibility index (Phi) is 21.6. The molecule has 0 atom stereocenters. The molecule has 0 fully saturated rings. The molecule has 0 rings (SSSR count). The van der Waals surface area contributed by atoms with Crippen LogP contribution < -0.4 is 0 Å². The molecule has 0 nitrogen and oxygen atoms in total. The molecule has 0 amide bonds. The van der Waals surface area contributed by atoms with Gasteiger partial charge in [0, 0.05) is 0 Å². The quantitative estimate of drug-likeness (QED) is 0.223. The molecule has 0 aromatic carbocycles. The predicted octanol–water partition coefficient (Wildman–Crippen LogP) is 11.8. The predicted molar refractivity (Wildman–Crippen MR) is 165 cm³/mol. The first kappa shape index (κ1) is 41.8. The third kappa shape index (κ3) is 21.9. The van der Waals surface area contributed by atoms with Crippen LogP contribution in [0.3, 0.4) is 0 Å². The van der Waals surface area contributed by atoms with Gasteiger partial charge in [-0.15, -0.1) is 0 Å². The van der Waals surface area contributed by atoms with Gasteiger partial charge in [0.1, 0.15) is 0 Å². The summed E-state index contributed by atoms with van der Waals surface area (Å²) in [6, 6.07) is 0. The van der Waals surface area contributed by atoms with Gasteiger partial charge in [0.2, 0.25) is 0 Å². The van der Waals surface area contributed by atoms with E-state index in [2.05, 4.69) is 125 Å². The van der Waals surface area contributed by atoms with Gasteiger partial charge in [-0.3, -0.25) is 0 Å². The molecular weight excluding hydrogens is 631 g/mol. The molecule has 8 heteroatoms. The van der Waals surface area contributed by atoms with Gasteiger partial charge in [-0.25, -0.2) is 0 Å². The second-order valence-corrected chi connectivity index (χ2v) is 31.4. The topological polar surface area (TPSA) is 0 Å². The number of hydrogen-bond donors (Lipinski definition) is 0. The van der Waals surface area contributed by atoms with Gasteiger partial charge in [-0.1, -0.05) is 125 Å². The second-order valence-electron chi connectivity index (χ2n) is 14.4. The Morgan fingerprint density at radius 3 is 0.375 bits per heavy atom. The van der Waals surface area contributed by atoms with Crippen LogP contribution in [0.2, 0.25) is 30.2 Å². The van der Waals surface area contributed by atoms with Gasteiger partial charge in [0.15, 0.2) is 0 Å². The molecule has 0 aromatic heterocycles. The Bertz CT molecular complexity index is 351. The maximum atomic E-state index is 4.89. The normalized spacial score (nSPS) is 13.5. The van der Waals surface area contributed by atoms with Crippen molar-refractivity contribution in [1.82, 2.24) is 0 Å². The zero-order chi connectivity index (χ0) is 27.6.